The molecule has 0 radical (unpaired) electrons. The number of nitro groups is 1. The number of aliphatic hydroxyl groups is 1. The first kappa shape index (κ1) is 15.5. The summed E-state index contributed by atoms with van der Waals surface area (Å²) in [6.45, 7) is 2.16. The topological polar surface area (TPSA) is 75.4 Å². The van der Waals surface area contributed by atoms with Crippen LogP contribution in [0.5, 0.6) is 0 Å². The fraction of sp³-hybridized carbons (Fsp3) is 0.455. The number of nitro benzene ring substituents is 1. The van der Waals surface area contributed by atoms with Crippen LogP contribution >= 0.6 is 34.4 Å². The van der Waals surface area contributed by atoms with Crippen molar-refractivity contribution in [2.75, 3.05) is 23.9 Å². The number of hydrogen-bond acceptors (Lipinski definition) is 5. The second-order valence-corrected chi connectivity index (χ2v) is 6.23. The standard InChI is InChI=1S/C11H15IN2O3S/c1-11(15,7-18-2)6-13-10-4-3-8(14(16)17)5-9(10)12/h3-5,13,15H,6-7H2,1-2H3. The molecular formula is C11H15IN2O3S. The Morgan fingerprint density at radius 3 is 2.78 bits per heavy atom. The molecule has 0 aliphatic heterocycles. The molecule has 1 rings (SSSR count). The maximum Gasteiger partial charge on any atom is 0.270 e. The molecule has 1 aromatic carbocycles. The molecule has 0 aliphatic carbocycles. The molecule has 1 atom stereocenters. The SMILES string of the molecule is CSCC(C)(O)CNc1ccc([N+](=O)[O-])cc1I. The molecule has 1 aromatic rings. The Labute approximate surface area is 124 Å². The summed E-state index contributed by atoms with van der Waals surface area (Å²) in [5.74, 6) is 0.629. The lowest BCUT2D eigenvalue weighted by Crippen LogP contribution is -2.36. The second kappa shape index (κ2) is 6.58. The quantitative estimate of drug-likeness (QED) is 0.450. The van der Waals surface area contributed by atoms with E-state index in [9.17, 15) is 15.2 Å². The van der Waals surface area contributed by atoms with Gasteiger partial charge in [-0.2, -0.15) is 11.8 Å². The first-order chi connectivity index (χ1) is 8.35. The van der Waals surface area contributed by atoms with Gasteiger partial charge < -0.3 is 10.4 Å². The van der Waals surface area contributed by atoms with E-state index < -0.39 is 10.5 Å². The molecule has 0 aromatic heterocycles. The number of nitrogens with zero attached hydrogens (tertiary/aromatic N) is 1. The minimum atomic E-state index is -0.801. The van der Waals surface area contributed by atoms with Crippen molar-refractivity contribution in [1.29, 1.82) is 0 Å². The van der Waals surface area contributed by atoms with Crippen molar-refractivity contribution in [3.8, 4) is 0 Å². The molecule has 2 N–H and O–H groups in total. The number of rotatable bonds is 6. The van der Waals surface area contributed by atoms with Crippen molar-refractivity contribution in [1.82, 2.24) is 0 Å². The third-order valence-electron chi connectivity index (χ3n) is 2.28. The Bertz CT molecular complexity index is 440. The van der Waals surface area contributed by atoms with Crippen molar-refractivity contribution in [3.63, 3.8) is 0 Å². The van der Waals surface area contributed by atoms with Crippen LogP contribution in [0.15, 0.2) is 18.2 Å². The van der Waals surface area contributed by atoms with Crippen LogP contribution in [0.3, 0.4) is 0 Å². The Balaban J connectivity index is 2.71. The van der Waals surface area contributed by atoms with Gasteiger partial charge in [0.25, 0.3) is 5.69 Å². The minimum absolute atomic E-state index is 0.0702. The molecule has 0 saturated carbocycles. The Hall–Kier alpha value is -0.540. The van der Waals surface area contributed by atoms with Crippen LogP contribution < -0.4 is 5.32 Å². The van der Waals surface area contributed by atoms with Gasteiger partial charge in [-0.15, -0.1) is 0 Å². The lowest BCUT2D eigenvalue weighted by Gasteiger charge is -2.23. The van der Waals surface area contributed by atoms with Crippen LogP contribution in [0.1, 0.15) is 6.92 Å². The summed E-state index contributed by atoms with van der Waals surface area (Å²) in [7, 11) is 0. The van der Waals surface area contributed by atoms with Gasteiger partial charge in [-0.25, -0.2) is 0 Å². The number of anilines is 1. The van der Waals surface area contributed by atoms with Crippen molar-refractivity contribution >= 4 is 45.7 Å². The van der Waals surface area contributed by atoms with Gasteiger partial charge in [0.15, 0.2) is 0 Å². The number of non-ortho nitro benzene ring substituents is 1. The molecule has 0 spiro atoms. The highest BCUT2D eigenvalue weighted by atomic mass is 127. The van der Waals surface area contributed by atoms with E-state index >= 15 is 0 Å². The molecule has 0 bridgehead atoms. The average molecular weight is 382 g/mol. The average Bonchev–Trinajstić information content (AvgIpc) is 2.27. The number of nitrogens with one attached hydrogen (secondary N) is 1. The monoisotopic (exact) mass is 382 g/mol. The number of benzene rings is 1. The summed E-state index contributed by atoms with van der Waals surface area (Å²) < 4.78 is 0.766. The van der Waals surface area contributed by atoms with Crippen molar-refractivity contribution < 1.29 is 10.0 Å². The summed E-state index contributed by atoms with van der Waals surface area (Å²) in [5, 5.41) is 23.7. The predicted molar refractivity (Wildman–Crippen MR) is 83.3 cm³/mol. The maximum atomic E-state index is 10.6. The molecule has 0 amide bonds. The van der Waals surface area contributed by atoms with Crippen LogP contribution in [0.4, 0.5) is 11.4 Å². The molecule has 0 heterocycles. The van der Waals surface area contributed by atoms with E-state index in [0.717, 1.165) is 9.26 Å². The van der Waals surface area contributed by atoms with Crippen molar-refractivity contribution in [2.45, 2.75) is 12.5 Å². The molecule has 100 valence electrons. The summed E-state index contributed by atoms with van der Waals surface area (Å²) in [4.78, 5) is 10.2. The number of halogens is 1. The smallest absolute Gasteiger partial charge is 0.270 e. The zero-order valence-electron chi connectivity index (χ0n) is 10.1. The third kappa shape index (κ3) is 4.62. The third-order valence-corrected chi connectivity index (χ3v) is 4.08. The van der Waals surface area contributed by atoms with Gasteiger partial charge in [0.1, 0.15) is 0 Å². The van der Waals surface area contributed by atoms with Gasteiger partial charge in [0.05, 0.1) is 10.5 Å². The van der Waals surface area contributed by atoms with Crippen molar-refractivity contribution in [2.24, 2.45) is 0 Å². The van der Waals surface area contributed by atoms with E-state index in [-0.39, 0.29) is 5.69 Å². The molecule has 0 fully saturated rings. The molecule has 1 unspecified atom stereocenters. The normalized spacial score (nSPS) is 14.0. The fourth-order valence-corrected chi connectivity index (χ4v) is 2.82. The van der Waals surface area contributed by atoms with Crippen LogP contribution in [-0.4, -0.2) is 34.2 Å². The van der Waals surface area contributed by atoms with E-state index in [1.807, 2.05) is 28.8 Å². The zero-order chi connectivity index (χ0) is 13.8. The largest absolute Gasteiger partial charge is 0.387 e. The lowest BCUT2D eigenvalue weighted by molar-refractivity contribution is -0.384. The van der Waals surface area contributed by atoms with E-state index in [4.69, 9.17) is 0 Å². The predicted octanol–water partition coefficient (Wildman–Crippen LogP) is 2.73. The summed E-state index contributed by atoms with van der Waals surface area (Å²) >= 11 is 3.61. The first-order valence-electron chi connectivity index (χ1n) is 5.25. The van der Waals surface area contributed by atoms with Crippen LogP contribution in [0.2, 0.25) is 0 Å². The molecule has 5 nitrogen and oxygen atoms in total. The Morgan fingerprint density at radius 1 is 1.61 bits per heavy atom. The Kier molecular flexibility index (Phi) is 5.67. The van der Waals surface area contributed by atoms with Gasteiger partial charge in [-0.1, -0.05) is 0 Å². The molecular weight excluding hydrogens is 367 g/mol. The fourth-order valence-electron chi connectivity index (χ4n) is 1.41. The summed E-state index contributed by atoms with van der Waals surface area (Å²) in [6.07, 6.45) is 1.93. The molecule has 0 saturated heterocycles. The highest BCUT2D eigenvalue weighted by molar-refractivity contribution is 14.1. The van der Waals surface area contributed by atoms with Gasteiger partial charge in [0.2, 0.25) is 0 Å². The molecule has 18 heavy (non-hydrogen) atoms. The maximum absolute atomic E-state index is 10.6. The van der Waals surface area contributed by atoms with Gasteiger partial charge in [-0.3, -0.25) is 10.1 Å². The molecule has 0 aliphatic rings. The van der Waals surface area contributed by atoms with E-state index in [1.54, 1.807) is 24.8 Å². The van der Waals surface area contributed by atoms with Crippen molar-refractivity contribution in [3.05, 3.63) is 31.9 Å². The van der Waals surface area contributed by atoms with E-state index in [1.165, 1.54) is 12.1 Å². The van der Waals surface area contributed by atoms with Gasteiger partial charge >= 0.3 is 0 Å². The van der Waals surface area contributed by atoms with E-state index in [0.29, 0.717) is 12.3 Å². The summed E-state index contributed by atoms with van der Waals surface area (Å²) in [5.41, 5.74) is 0.0629. The molecule has 7 heteroatoms. The second-order valence-electron chi connectivity index (χ2n) is 4.20. The number of hydrogen-bond donors (Lipinski definition) is 2. The highest BCUT2D eigenvalue weighted by Crippen LogP contribution is 2.24. The highest BCUT2D eigenvalue weighted by Gasteiger charge is 2.19. The van der Waals surface area contributed by atoms with Gasteiger partial charge in [0, 0.05) is 33.7 Å². The van der Waals surface area contributed by atoms with Crippen LogP contribution in [0, 0.1) is 13.7 Å². The lowest BCUT2D eigenvalue weighted by atomic mass is 10.1. The zero-order valence-corrected chi connectivity index (χ0v) is 13.1. The Morgan fingerprint density at radius 2 is 2.28 bits per heavy atom. The van der Waals surface area contributed by atoms with Crippen LogP contribution in [0.25, 0.3) is 0 Å². The number of thioether (sulfide) groups is 1. The summed E-state index contributed by atoms with van der Waals surface area (Å²) in [6, 6.07) is 4.62. The van der Waals surface area contributed by atoms with E-state index in [2.05, 4.69) is 5.32 Å². The first-order valence-corrected chi connectivity index (χ1v) is 7.72. The van der Waals surface area contributed by atoms with Gasteiger partial charge in [-0.05, 0) is 41.8 Å². The van der Waals surface area contributed by atoms with Crippen LogP contribution in [-0.2, 0) is 0 Å². The minimum Gasteiger partial charge on any atom is -0.387 e.